The van der Waals surface area contributed by atoms with Crippen LogP contribution in [0.25, 0.3) is 5.69 Å². The number of hydrogen-bond acceptors (Lipinski definition) is 2. The second-order valence-electron chi connectivity index (χ2n) is 2.80. The van der Waals surface area contributed by atoms with E-state index >= 15 is 0 Å². The number of nitrogens with zero attached hydrogens (tertiary/aromatic N) is 2. The monoisotopic (exact) mass is 208 g/mol. The van der Waals surface area contributed by atoms with Crippen LogP contribution in [0, 0.1) is 5.82 Å². The second-order valence-corrected chi connectivity index (χ2v) is 3.68. The molecule has 4 heteroatoms. The van der Waals surface area contributed by atoms with E-state index in [4.69, 9.17) is 0 Å². The van der Waals surface area contributed by atoms with E-state index in [2.05, 4.69) is 5.10 Å². The summed E-state index contributed by atoms with van der Waals surface area (Å²) < 4.78 is 14.4. The van der Waals surface area contributed by atoms with Crippen LogP contribution in [0.3, 0.4) is 0 Å². The van der Waals surface area contributed by atoms with Gasteiger partial charge in [0.05, 0.1) is 11.9 Å². The van der Waals surface area contributed by atoms with Crippen molar-refractivity contribution in [2.24, 2.45) is 0 Å². The fourth-order valence-corrected chi connectivity index (χ4v) is 1.50. The minimum atomic E-state index is -0.231. The maximum Gasteiger partial charge on any atom is 0.123 e. The van der Waals surface area contributed by atoms with Crippen molar-refractivity contribution in [3.05, 3.63) is 42.5 Å². The summed E-state index contributed by atoms with van der Waals surface area (Å²) in [5, 5.41) is 4.16. The first-order chi connectivity index (χ1) is 6.79. The van der Waals surface area contributed by atoms with Crippen molar-refractivity contribution < 1.29 is 4.39 Å². The number of hydrogen-bond donors (Lipinski definition) is 0. The van der Waals surface area contributed by atoms with E-state index < -0.39 is 0 Å². The van der Waals surface area contributed by atoms with E-state index in [1.54, 1.807) is 34.8 Å². The molecule has 0 bridgehead atoms. The molecule has 0 atom stereocenters. The van der Waals surface area contributed by atoms with Gasteiger partial charge in [-0.2, -0.15) is 5.10 Å². The summed E-state index contributed by atoms with van der Waals surface area (Å²) in [7, 11) is 0. The van der Waals surface area contributed by atoms with Gasteiger partial charge in [0.15, 0.2) is 0 Å². The molecule has 0 saturated heterocycles. The number of aromatic nitrogens is 2. The Kier molecular flexibility index (Phi) is 2.54. The first-order valence-electron chi connectivity index (χ1n) is 4.14. The molecule has 0 unspecified atom stereocenters. The highest BCUT2D eigenvalue weighted by Gasteiger charge is 1.99. The van der Waals surface area contributed by atoms with Crippen LogP contribution in [0.1, 0.15) is 0 Å². The Labute approximate surface area is 85.7 Å². The first kappa shape index (κ1) is 9.27. The molecule has 0 aliphatic heterocycles. The second kappa shape index (κ2) is 3.84. The lowest BCUT2D eigenvalue weighted by molar-refractivity contribution is 0.627. The van der Waals surface area contributed by atoms with E-state index in [-0.39, 0.29) is 5.82 Å². The lowest BCUT2D eigenvalue weighted by Crippen LogP contribution is -1.93. The van der Waals surface area contributed by atoms with Crippen LogP contribution >= 0.6 is 11.8 Å². The van der Waals surface area contributed by atoms with Gasteiger partial charge in [-0.3, -0.25) is 0 Å². The van der Waals surface area contributed by atoms with E-state index in [9.17, 15) is 4.39 Å². The molecular formula is C10H9FN2S. The highest BCUT2D eigenvalue weighted by atomic mass is 32.2. The highest BCUT2D eigenvalue weighted by Crippen LogP contribution is 2.15. The molecule has 1 heterocycles. The smallest absolute Gasteiger partial charge is 0.123 e. The van der Waals surface area contributed by atoms with Crippen LogP contribution < -0.4 is 0 Å². The topological polar surface area (TPSA) is 17.8 Å². The zero-order chi connectivity index (χ0) is 9.97. The molecule has 2 rings (SSSR count). The summed E-state index contributed by atoms with van der Waals surface area (Å²) in [5.74, 6) is -0.231. The molecule has 1 aromatic carbocycles. The van der Waals surface area contributed by atoms with E-state index in [1.807, 2.05) is 12.5 Å². The molecule has 0 saturated carbocycles. The van der Waals surface area contributed by atoms with E-state index in [0.29, 0.717) is 0 Å². The van der Waals surface area contributed by atoms with Crippen LogP contribution in [0.2, 0.25) is 0 Å². The lowest BCUT2D eigenvalue weighted by Gasteiger charge is -1.99. The van der Waals surface area contributed by atoms with Crippen LogP contribution in [-0.2, 0) is 0 Å². The quantitative estimate of drug-likeness (QED) is 0.706. The van der Waals surface area contributed by atoms with Gasteiger partial charge < -0.3 is 0 Å². The molecular weight excluding hydrogens is 199 g/mol. The predicted octanol–water partition coefficient (Wildman–Crippen LogP) is 2.73. The van der Waals surface area contributed by atoms with Crippen molar-refractivity contribution in [2.45, 2.75) is 4.90 Å². The molecule has 0 spiro atoms. The van der Waals surface area contributed by atoms with Crippen LogP contribution in [0.15, 0.2) is 41.6 Å². The molecule has 0 N–H and O–H groups in total. The summed E-state index contributed by atoms with van der Waals surface area (Å²) >= 11 is 1.63. The Morgan fingerprint density at radius 1 is 1.29 bits per heavy atom. The summed E-state index contributed by atoms with van der Waals surface area (Å²) in [6, 6.07) is 6.25. The van der Waals surface area contributed by atoms with Crippen LogP contribution in [0.4, 0.5) is 4.39 Å². The molecule has 1 aromatic heterocycles. The van der Waals surface area contributed by atoms with Gasteiger partial charge in [-0.05, 0) is 30.5 Å². The molecule has 72 valence electrons. The van der Waals surface area contributed by atoms with Crippen molar-refractivity contribution in [3.8, 4) is 5.69 Å². The zero-order valence-electron chi connectivity index (χ0n) is 7.64. The minimum absolute atomic E-state index is 0.231. The largest absolute Gasteiger partial charge is 0.240 e. The van der Waals surface area contributed by atoms with Crippen molar-refractivity contribution in [3.63, 3.8) is 0 Å². The Balaban J connectivity index is 2.34. The SMILES string of the molecule is CSc1cnn(-c2ccc(F)cc2)c1. The predicted molar refractivity (Wildman–Crippen MR) is 55.3 cm³/mol. The molecule has 0 radical (unpaired) electrons. The molecule has 0 amide bonds. The summed E-state index contributed by atoms with van der Waals surface area (Å²) in [4.78, 5) is 1.09. The maximum absolute atomic E-state index is 12.6. The number of thioether (sulfide) groups is 1. The number of halogens is 1. The highest BCUT2D eigenvalue weighted by molar-refractivity contribution is 7.98. The zero-order valence-corrected chi connectivity index (χ0v) is 8.46. The molecule has 2 aromatic rings. The molecule has 0 fully saturated rings. The van der Waals surface area contributed by atoms with Crippen molar-refractivity contribution in [1.82, 2.24) is 9.78 Å². The number of rotatable bonds is 2. The first-order valence-corrected chi connectivity index (χ1v) is 5.36. The van der Waals surface area contributed by atoms with Gasteiger partial charge >= 0.3 is 0 Å². The van der Waals surface area contributed by atoms with Gasteiger partial charge in [0, 0.05) is 11.1 Å². The van der Waals surface area contributed by atoms with Gasteiger partial charge in [0.25, 0.3) is 0 Å². The molecule has 0 aliphatic rings. The van der Waals surface area contributed by atoms with Gasteiger partial charge in [0.2, 0.25) is 0 Å². The average molecular weight is 208 g/mol. The molecule has 14 heavy (non-hydrogen) atoms. The Morgan fingerprint density at radius 3 is 2.57 bits per heavy atom. The van der Waals surface area contributed by atoms with Crippen molar-refractivity contribution in [1.29, 1.82) is 0 Å². The van der Waals surface area contributed by atoms with Gasteiger partial charge in [0.1, 0.15) is 5.82 Å². The van der Waals surface area contributed by atoms with Gasteiger partial charge in [-0.15, -0.1) is 11.8 Å². The van der Waals surface area contributed by atoms with Gasteiger partial charge in [-0.1, -0.05) is 0 Å². The Bertz CT molecular complexity index is 422. The van der Waals surface area contributed by atoms with Crippen LogP contribution in [-0.4, -0.2) is 16.0 Å². The third-order valence-corrected chi connectivity index (χ3v) is 2.57. The van der Waals surface area contributed by atoms with Gasteiger partial charge in [-0.25, -0.2) is 9.07 Å². The van der Waals surface area contributed by atoms with Crippen molar-refractivity contribution in [2.75, 3.05) is 6.26 Å². The third kappa shape index (κ3) is 1.80. The summed E-state index contributed by atoms with van der Waals surface area (Å²) in [5.41, 5.74) is 0.867. The van der Waals surface area contributed by atoms with Crippen molar-refractivity contribution >= 4 is 11.8 Å². The van der Waals surface area contributed by atoms with E-state index in [0.717, 1.165) is 10.6 Å². The van der Waals surface area contributed by atoms with E-state index in [1.165, 1.54) is 12.1 Å². The minimum Gasteiger partial charge on any atom is -0.240 e. The molecule has 2 nitrogen and oxygen atoms in total. The van der Waals surface area contributed by atoms with Crippen LogP contribution in [0.5, 0.6) is 0 Å². The summed E-state index contributed by atoms with van der Waals surface area (Å²) in [6.45, 7) is 0. The summed E-state index contributed by atoms with van der Waals surface area (Å²) in [6.07, 6.45) is 5.69. The fourth-order valence-electron chi connectivity index (χ4n) is 1.15. The lowest BCUT2D eigenvalue weighted by atomic mass is 10.3. The third-order valence-electron chi connectivity index (χ3n) is 1.89. The number of benzene rings is 1. The normalized spacial score (nSPS) is 10.4. The maximum atomic E-state index is 12.6. The Morgan fingerprint density at radius 2 is 2.00 bits per heavy atom. The molecule has 0 aliphatic carbocycles. The Hall–Kier alpha value is -1.29. The fraction of sp³-hybridized carbons (Fsp3) is 0.100. The standard InChI is InChI=1S/C10H9FN2S/c1-14-10-6-12-13(7-10)9-4-2-8(11)3-5-9/h2-7H,1H3. The average Bonchev–Trinajstić information content (AvgIpc) is 2.67.